The number of carbonyl (C=O) groups excluding carboxylic acids is 3. The highest BCUT2D eigenvalue weighted by molar-refractivity contribution is 9.10. The molecule has 1 unspecified atom stereocenters. The average Bonchev–Trinajstić information content (AvgIpc) is 3.67. The van der Waals surface area contributed by atoms with Crippen LogP contribution in [0.15, 0.2) is 57.5 Å². The number of halogens is 4. The molecule has 4 rings (SSSR count). The summed E-state index contributed by atoms with van der Waals surface area (Å²) >= 11 is 16.3. The number of rotatable bonds is 10. The number of nitriles is 1. The molecular formula is C35H39Br2Cl2N5O5. The van der Waals surface area contributed by atoms with E-state index in [-0.39, 0.29) is 22.8 Å². The fourth-order valence-corrected chi connectivity index (χ4v) is 5.55. The van der Waals surface area contributed by atoms with Crippen LogP contribution in [0.2, 0.25) is 0 Å². The first-order valence-corrected chi connectivity index (χ1v) is 17.5. The lowest BCUT2D eigenvalue weighted by Gasteiger charge is -2.18. The molecule has 0 saturated heterocycles. The van der Waals surface area contributed by atoms with E-state index in [0.717, 1.165) is 43.3 Å². The highest BCUT2D eigenvalue weighted by atomic mass is 79.9. The summed E-state index contributed by atoms with van der Waals surface area (Å²) in [5.41, 5.74) is 4.04. The second-order valence-corrected chi connectivity index (χ2v) is 14.7. The molecule has 2 N–H and O–H groups in total. The second-order valence-electron chi connectivity index (χ2n) is 12.0. The zero-order valence-corrected chi connectivity index (χ0v) is 32.9. The Balaban J connectivity index is 0.000000316. The SMILES string of the molecule is CC(C#N)c1cc(Br)ccc1-c1cc(C(C)(C)C(=O)CO)nn1C.ClCCl.Cn1nc(C(C)(C)C(=O)CO)cc1-c1ccc(Br)cc1C=O. The number of aliphatic hydroxyl groups excluding tert-OH is 2. The fourth-order valence-electron chi connectivity index (χ4n) is 4.79. The predicted octanol–water partition coefficient (Wildman–Crippen LogP) is 7.24. The van der Waals surface area contributed by atoms with Crippen molar-refractivity contribution in [3.05, 3.63) is 80.0 Å². The van der Waals surface area contributed by atoms with Gasteiger partial charge in [-0.05, 0) is 76.6 Å². The molecule has 2 aromatic heterocycles. The summed E-state index contributed by atoms with van der Waals surface area (Å²) in [6, 6.07) is 17.1. The zero-order valence-electron chi connectivity index (χ0n) is 28.3. The van der Waals surface area contributed by atoms with Gasteiger partial charge >= 0.3 is 0 Å². The number of aromatic nitrogens is 4. The summed E-state index contributed by atoms with van der Waals surface area (Å²) in [6.07, 6.45) is 0.788. The van der Waals surface area contributed by atoms with Gasteiger partial charge in [0, 0.05) is 39.7 Å². The normalized spacial score (nSPS) is 11.8. The van der Waals surface area contributed by atoms with Gasteiger partial charge in [-0.3, -0.25) is 23.7 Å². The van der Waals surface area contributed by atoms with Gasteiger partial charge in [-0.1, -0.05) is 44.0 Å². The van der Waals surface area contributed by atoms with E-state index in [2.05, 4.69) is 48.1 Å². The molecule has 0 amide bonds. The number of hydrogen-bond acceptors (Lipinski definition) is 8. The number of carbonyl (C=O) groups is 3. The van der Waals surface area contributed by atoms with Gasteiger partial charge in [-0.2, -0.15) is 15.5 Å². The van der Waals surface area contributed by atoms with Crippen molar-refractivity contribution in [3.63, 3.8) is 0 Å². The van der Waals surface area contributed by atoms with Crippen molar-refractivity contribution in [3.8, 4) is 28.6 Å². The molecule has 0 aliphatic rings. The first-order chi connectivity index (χ1) is 22.9. The van der Waals surface area contributed by atoms with E-state index < -0.39 is 24.0 Å². The number of aldehydes is 1. The number of aryl methyl sites for hydroxylation is 2. The number of hydrogen-bond donors (Lipinski definition) is 2. The van der Waals surface area contributed by atoms with Crippen LogP contribution in [0.25, 0.3) is 22.5 Å². The summed E-state index contributed by atoms with van der Waals surface area (Å²) in [4.78, 5) is 35.2. The van der Waals surface area contributed by atoms with E-state index in [1.807, 2.05) is 43.3 Å². The molecule has 0 aliphatic carbocycles. The molecule has 0 bridgehead atoms. The van der Waals surface area contributed by atoms with E-state index in [0.29, 0.717) is 17.0 Å². The molecule has 14 heteroatoms. The van der Waals surface area contributed by atoms with Crippen molar-refractivity contribution in [2.75, 3.05) is 18.6 Å². The molecule has 0 radical (unpaired) electrons. The van der Waals surface area contributed by atoms with E-state index in [4.69, 9.17) is 28.3 Å². The van der Waals surface area contributed by atoms with Gasteiger partial charge in [0.15, 0.2) is 17.9 Å². The standard InChI is InChI=1S/C18H20BrN3O2.C16H17BrN2O3.CH2Cl2/c1-11(9-20)14-7-12(19)5-6-13(14)15-8-16(21-22(15)4)18(2,3)17(24)10-23;1-16(2,15(22)9-21)14-7-13(19(3)18-14)12-5-4-11(17)6-10(12)8-20;2-1-3/h5-8,11,23H,10H2,1-4H3;4-8,21H,9H2,1-3H3;1H2. The van der Waals surface area contributed by atoms with Gasteiger partial charge in [0.1, 0.15) is 13.2 Å². The summed E-state index contributed by atoms with van der Waals surface area (Å²) in [6.45, 7) is 7.74. The van der Waals surface area contributed by atoms with Crippen LogP contribution in [0.5, 0.6) is 0 Å². The van der Waals surface area contributed by atoms with Crippen LogP contribution in [-0.4, -0.2) is 66.2 Å². The van der Waals surface area contributed by atoms with E-state index >= 15 is 0 Å². The van der Waals surface area contributed by atoms with Gasteiger partial charge in [0.05, 0.1) is 50.9 Å². The summed E-state index contributed by atoms with van der Waals surface area (Å²) in [5.74, 6) is -0.861. The number of benzene rings is 2. The summed E-state index contributed by atoms with van der Waals surface area (Å²) in [5, 5.41) is 36.6. The minimum absolute atomic E-state index is 0.194. The molecule has 2 heterocycles. The third-order valence-electron chi connectivity index (χ3n) is 8.09. The predicted molar refractivity (Wildman–Crippen MR) is 199 cm³/mol. The Bertz CT molecular complexity index is 1850. The second kappa shape index (κ2) is 18.2. The zero-order chi connectivity index (χ0) is 37.3. The van der Waals surface area contributed by atoms with Crippen LogP contribution in [0.1, 0.15) is 67.8 Å². The number of Topliss-reactive ketones (excluding diaryl/α,β-unsaturated/α-hetero) is 2. The third-order valence-corrected chi connectivity index (χ3v) is 9.07. The first-order valence-electron chi connectivity index (χ1n) is 14.9. The topological polar surface area (TPSA) is 151 Å². The Morgan fingerprint density at radius 1 is 0.857 bits per heavy atom. The minimum Gasteiger partial charge on any atom is -0.389 e. The Hall–Kier alpha value is -3.18. The Kier molecular flexibility index (Phi) is 15.6. The van der Waals surface area contributed by atoms with Crippen LogP contribution in [0, 0.1) is 11.3 Å². The molecule has 4 aromatic rings. The van der Waals surface area contributed by atoms with Crippen molar-refractivity contribution in [1.29, 1.82) is 5.26 Å². The van der Waals surface area contributed by atoms with Crippen LogP contribution in [0.4, 0.5) is 0 Å². The lowest BCUT2D eigenvalue weighted by molar-refractivity contribution is -0.127. The Labute approximate surface area is 313 Å². The number of ketones is 2. The van der Waals surface area contributed by atoms with E-state index in [9.17, 15) is 24.8 Å². The van der Waals surface area contributed by atoms with Crippen LogP contribution in [-0.2, 0) is 34.5 Å². The molecule has 1 atom stereocenters. The maximum atomic E-state index is 12.0. The number of alkyl halides is 2. The number of aliphatic hydroxyl groups is 2. The molecule has 0 saturated carbocycles. The monoisotopic (exact) mass is 837 g/mol. The molecule has 2 aromatic carbocycles. The van der Waals surface area contributed by atoms with Crippen molar-refractivity contribution < 1.29 is 24.6 Å². The molecule has 10 nitrogen and oxygen atoms in total. The van der Waals surface area contributed by atoms with Crippen molar-refractivity contribution in [2.45, 2.75) is 51.4 Å². The molecule has 0 spiro atoms. The van der Waals surface area contributed by atoms with Gasteiger partial charge in [-0.25, -0.2) is 0 Å². The van der Waals surface area contributed by atoms with Crippen LogP contribution in [0.3, 0.4) is 0 Å². The van der Waals surface area contributed by atoms with E-state index in [1.54, 1.807) is 63.3 Å². The molecular weight excluding hydrogens is 801 g/mol. The third kappa shape index (κ3) is 9.96. The molecule has 49 heavy (non-hydrogen) atoms. The Morgan fingerprint density at radius 3 is 1.67 bits per heavy atom. The van der Waals surface area contributed by atoms with Crippen molar-refractivity contribution in [2.24, 2.45) is 14.1 Å². The lowest BCUT2D eigenvalue weighted by atomic mass is 9.84. The smallest absolute Gasteiger partial charge is 0.169 e. The molecule has 0 fully saturated rings. The number of nitrogens with zero attached hydrogens (tertiary/aromatic N) is 5. The van der Waals surface area contributed by atoms with Gasteiger partial charge in [0.25, 0.3) is 0 Å². The fraction of sp³-hybridized carbons (Fsp3) is 0.371. The maximum absolute atomic E-state index is 12.0. The lowest BCUT2D eigenvalue weighted by Crippen LogP contribution is -2.32. The highest BCUT2D eigenvalue weighted by Gasteiger charge is 2.33. The van der Waals surface area contributed by atoms with Crippen molar-refractivity contribution >= 4 is 72.9 Å². The van der Waals surface area contributed by atoms with Gasteiger partial charge in [0.2, 0.25) is 0 Å². The molecule has 0 aliphatic heterocycles. The van der Waals surface area contributed by atoms with Crippen LogP contribution >= 0.6 is 55.1 Å². The summed E-state index contributed by atoms with van der Waals surface area (Å²) < 4.78 is 5.06. The van der Waals surface area contributed by atoms with E-state index in [1.165, 1.54) is 0 Å². The molecule has 262 valence electrons. The first kappa shape index (κ1) is 42.0. The van der Waals surface area contributed by atoms with Gasteiger partial charge < -0.3 is 10.2 Å². The summed E-state index contributed by atoms with van der Waals surface area (Å²) in [7, 11) is 3.57. The highest BCUT2D eigenvalue weighted by Crippen LogP contribution is 2.34. The van der Waals surface area contributed by atoms with Crippen LogP contribution < -0.4 is 0 Å². The average molecular weight is 840 g/mol. The largest absolute Gasteiger partial charge is 0.389 e. The maximum Gasteiger partial charge on any atom is 0.169 e. The Morgan fingerprint density at radius 2 is 1.27 bits per heavy atom. The van der Waals surface area contributed by atoms with Crippen molar-refractivity contribution in [1.82, 2.24) is 19.6 Å². The van der Waals surface area contributed by atoms with Gasteiger partial charge in [-0.15, -0.1) is 23.2 Å². The quantitative estimate of drug-likeness (QED) is 0.125. The minimum atomic E-state index is -0.887.